The Hall–Kier alpha value is -0.650. The fourth-order valence-electron chi connectivity index (χ4n) is 0.403. The fraction of sp³-hybridized carbons (Fsp3) is 0.833. The van der Waals surface area contributed by atoms with Crippen molar-refractivity contribution < 1.29 is 19.3 Å². The van der Waals surface area contributed by atoms with Gasteiger partial charge in [-0.3, -0.25) is 4.89 Å². The monoisotopic (exact) mass is 163 g/mol. The highest BCUT2D eigenvalue weighted by atomic mass is 17.2. The normalized spacial score (nSPS) is 9.64. The average molecular weight is 163 g/mol. The molecule has 0 amide bonds. The highest BCUT2D eigenvalue weighted by molar-refractivity contribution is 5.65. The van der Waals surface area contributed by atoms with E-state index in [1.807, 2.05) is 0 Å². The zero-order chi connectivity index (χ0) is 8.53. The predicted octanol–water partition coefficient (Wildman–Crippen LogP) is -0.544. The lowest BCUT2D eigenvalue weighted by atomic mass is 10.7. The fourth-order valence-corrected chi connectivity index (χ4v) is 0.403. The Labute approximate surface area is 65.3 Å². The second kappa shape index (κ2) is 7.46. The van der Waals surface area contributed by atoms with Crippen LogP contribution in [0.2, 0.25) is 0 Å². The van der Waals surface area contributed by atoms with Gasteiger partial charge in [-0.2, -0.15) is 4.89 Å². The summed E-state index contributed by atoms with van der Waals surface area (Å²) >= 11 is 0. The van der Waals surface area contributed by atoms with Crippen LogP contribution < -0.4 is 5.73 Å². The molecule has 0 heterocycles. The summed E-state index contributed by atoms with van der Waals surface area (Å²) in [5.41, 5.74) is 5.14. The molecule has 0 aromatic carbocycles. The zero-order valence-corrected chi connectivity index (χ0v) is 6.54. The quantitative estimate of drug-likeness (QED) is 0.323. The molecule has 0 fully saturated rings. The summed E-state index contributed by atoms with van der Waals surface area (Å²) in [6.07, 6.45) is 0. The zero-order valence-electron chi connectivity index (χ0n) is 6.54. The topological polar surface area (TPSA) is 70.8 Å². The molecule has 0 aliphatic heterocycles. The van der Waals surface area contributed by atoms with Crippen LogP contribution >= 0.6 is 0 Å². The van der Waals surface area contributed by atoms with E-state index in [1.165, 1.54) is 6.92 Å². The maximum atomic E-state index is 10.1. The SMILES string of the molecule is CC(=O)OOCCOCCN. The van der Waals surface area contributed by atoms with Crippen molar-refractivity contribution >= 4 is 5.97 Å². The summed E-state index contributed by atoms with van der Waals surface area (Å²) in [5, 5.41) is 0. The number of ether oxygens (including phenoxy) is 1. The first kappa shape index (κ1) is 10.3. The summed E-state index contributed by atoms with van der Waals surface area (Å²) < 4.78 is 4.92. The van der Waals surface area contributed by atoms with Gasteiger partial charge in [0.05, 0.1) is 13.2 Å². The summed E-state index contributed by atoms with van der Waals surface area (Å²) in [6, 6.07) is 0. The first-order chi connectivity index (χ1) is 5.27. The van der Waals surface area contributed by atoms with Crippen LogP contribution in [0.4, 0.5) is 0 Å². The third-order valence-corrected chi connectivity index (χ3v) is 0.749. The van der Waals surface area contributed by atoms with Gasteiger partial charge in [-0.05, 0) is 0 Å². The minimum absolute atomic E-state index is 0.236. The summed E-state index contributed by atoms with van der Waals surface area (Å²) in [7, 11) is 0. The van der Waals surface area contributed by atoms with Crippen molar-refractivity contribution in [2.45, 2.75) is 6.92 Å². The molecular formula is C6H13NO4. The van der Waals surface area contributed by atoms with Crippen LogP contribution in [-0.4, -0.2) is 32.3 Å². The number of nitrogens with two attached hydrogens (primary N) is 1. The molecule has 2 N–H and O–H groups in total. The average Bonchev–Trinajstić information content (AvgIpc) is 1.96. The molecule has 0 atom stereocenters. The standard InChI is InChI=1S/C6H13NO4/c1-6(8)11-10-5-4-9-3-2-7/h2-5,7H2,1H3. The number of carbonyl (C=O) groups excluding carboxylic acids is 1. The molecular weight excluding hydrogens is 150 g/mol. The van der Waals surface area contributed by atoms with Gasteiger partial charge in [0.1, 0.15) is 6.61 Å². The summed E-state index contributed by atoms with van der Waals surface area (Å²) in [6.45, 7) is 2.85. The molecule has 5 nitrogen and oxygen atoms in total. The Morgan fingerprint density at radius 1 is 1.36 bits per heavy atom. The molecule has 11 heavy (non-hydrogen) atoms. The minimum Gasteiger partial charge on any atom is -0.378 e. The van der Waals surface area contributed by atoms with E-state index in [-0.39, 0.29) is 6.61 Å². The van der Waals surface area contributed by atoms with E-state index in [4.69, 9.17) is 10.5 Å². The summed E-state index contributed by atoms with van der Waals surface area (Å²) in [4.78, 5) is 18.7. The van der Waals surface area contributed by atoms with Crippen LogP contribution in [0.5, 0.6) is 0 Å². The van der Waals surface area contributed by atoms with Crippen LogP contribution in [0.25, 0.3) is 0 Å². The molecule has 0 aromatic rings. The van der Waals surface area contributed by atoms with Crippen LogP contribution in [0.1, 0.15) is 6.92 Å². The third-order valence-electron chi connectivity index (χ3n) is 0.749. The molecule has 0 rings (SSSR count). The Morgan fingerprint density at radius 3 is 2.64 bits per heavy atom. The lowest BCUT2D eigenvalue weighted by Crippen LogP contribution is -2.12. The van der Waals surface area contributed by atoms with E-state index in [0.29, 0.717) is 19.8 Å². The second-order valence-electron chi connectivity index (χ2n) is 1.80. The molecule has 0 spiro atoms. The first-order valence-electron chi connectivity index (χ1n) is 3.35. The van der Waals surface area contributed by atoms with Gasteiger partial charge in [0.25, 0.3) is 0 Å². The Kier molecular flexibility index (Phi) is 7.02. The van der Waals surface area contributed by atoms with Crippen LogP contribution in [0.15, 0.2) is 0 Å². The Bertz CT molecular complexity index is 107. The van der Waals surface area contributed by atoms with Gasteiger partial charge >= 0.3 is 5.97 Å². The molecule has 5 heteroatoms. The molecule has 0 aliphatic carbocycles. The number of rotatable bonds is 6. The summed E-state index contributed by atoms with van der Waals surface area (Å²) in [5.74, 6) is -0.469. The third kappa shape index (κ3) is 9.35. The number of carbonyl (C=O) groups is 1. The van der Waals surface area contributed by atoms with Crippen LogP contribution in [-0.2, 0) is 19.3 Å². The molecule has 0 unspecified atom stereocenters. The molecule has 0 saturated carbocycles. The van der Waals surface area contributed by atoms with Crippen molar-refractivity contribution in [2.75, 3.05) is 26.4 Å². The van der Waals surface area contributed by atoms with E-state index >= 15 is 0 Å². The van der Waals surface area contributed by atoms with Gasteiger partial charge in [-0.1, -0.05) is 0 Å². The molecule has 0 bridgehead atoms. The predicted molar refractivity (Wildman–Crippen MR) is 37.6 cm³/mol. The van der Waals surface area contributed by atoms with E-state index in [9.17, 15) is 4.79 Å². The van der Waals surface area contributed by atoms with Gasteiger partial charge in [0, 0.05) is 13.5 Å². The number of hydrogen-bond acceptors (Lipinski definition) is 5. The van der Waals surface area contributed by atoms with Crippen molar-refractivity contribution in [3.63, 3.8) is 0 Å². The molecule has 0 aromatic heterocycles. The lowest BCUT2D eigenvalue weighted by Gasteiger charge is -2.01. The van der Waals surface area contributed by atoms with Crippen molar-refractivity contribution in [3.05, 3.63) is 0 Å². The van der Waals surface area contributed by atoms with E-state index in [1.54, 1.807) is 0 Å². The highest BCUT2D eigenvalue weighted by Gasteiger charge is 1.92. The van der Waals surface area contributed by atoms with Crippen LogP contribution in [0.3, 0.4) is 0 Å². The van der Waals surface area contributed by atoms with E-state index < -0.39 is 5.97 Å². The van der Waals surface area contributed by atoms with Gasteiger partial charge in [0.15, 0.2) is 0 Å². The van der Waals surface area contributed by atoms with E-state index in [0.717, 1.165) is 0 Å². The van der Waals surface area contributed by atoms with Crippen molar-refractivity contribution in [3.8, 4) is 0 Å². The lowest BCUT2D eigenvalue weighted by molar-refractivity contribution is -0.274. The first-order valence-corrected chi connectivity index (χ1v) is 3.35. The Balaban J connectivity index is 2.85. The van der Waals surface area contributed by atoms with Gasteiger partial charge in [0.2, 0.25) is 0 Å². The molecule has 0 aliphatic rings. The van der Waals surface area contributed by atoms with Crippen molar-refractivity contribution in [1.82, 2.24) is 0 Å². The molecule has 0 radical (unpaired) electrons. The van der Waals surface area contributed by atoms with Crippen molar-refractivity contribution in [1.29, 1.82) is 0 Å². The highest BCUT2D eigenvalue weighted by Crippen LogP contribution is 1.80. The molecule has 0 saturated heterocycles. The van der Waals surface area contributed by atoms with E-state index in [2.05, 4.69) is 9.78 Å². The second-order valence-corrected chi connectivity index (χ2v) is 1.80. The van der Waals surface area contributed by atoms with Gasteiger partial charge < -0.3 is 10.5 Å². The van der Waals surface area contributed by atoms with Crippen LogP contribution in [0, 0.1) is 0 Å². The molecule has 66 valence electrons. The number of hydrogen-bond donors (Lipinski definition) is 1. The van der Waals surface area contributed by atoms with Gasteiger partial charge in [-0.25, -0.2) is 4.79 Å². The maximum Gasteiger partial charge on any atom is 0.339 e. The minimum atomic E-state index is -0.469. The maximum absolute atomic E-state index is 10.1. The largest absolute Gasteiger partial charge is 0.378 e. The van der Waals surface area contributed by atoms with Gasteiger partial charge in [-0.15, -0.1) is 0 Å². The van der Waals surface area contributed by atoms with Crippen molar-refractivity contribution in [2.24, 2.45) is 5.73 Å². The smallest absolute Gasteiger partial charge is 0.339 e. The Morgan fingerprint density at radius 2 is 2.09 bits per heavy atom.